The molecule has 0 spiro atoms. The summed E-state index contributed by atoms with van der Waals surface area (Å²) < 4.78 is 25.0. The second-order valence-corrected chi connectivity index (χ2v) is 8.03. The average Bonchev–Trinajstić information content (AvgIpc) is 2.23. The zero-order chi connectivity index (χ0) is 13.4. The van der Waals surface area contributed by atoms with Crippen LogP contribution in [0.3, 0.4) is 0 Å². The van der Waals surface area contributed by atoms with E-state index < -0.39 is 9.84 Å². The third-order valence-corrected chi connectivity index (χ3v) is 7.17. The maximum absolute atomic E-state index is 12.5. The van der Waals surface area contributed by atoms with E-state index in [-0.39, 0.29) is 11.2 Å². The molecule has 0 atom stereocenters. The Morgan fingerprint density at radius 2 is 1.94 bits per heavy atom. The summed E-state index contributed by atoms with van der Waals surface area (Å²) in [5.74, 6) is 0.273. The van der Waals surface area contributed by atoms with Crippen LogP contribution < -0.4 is 0 Å². The molecule has 0 N–H and O–H groups in total. The molecule has 0 bridgehead atoms. The van der Waals surface area contributed by atoms with Crippen LogP contribution in [0, 0.1) is 19.3 Å². The normalized spacial score (nSPS) is 18.4. The summed E-state index contributed by atoms with van der Waals surface area (Å²) in [7, 11) is -3.17. The van der Waals surface area contributed by atoms with Crippen LogP contribution in [-0.4, -0.2) is 19.5 Å². The lowest BCUT2D eigenvalue weighted by atomic mass is 9.72. The summed E-state index contributed by atoms with van der Waals surface area (Å²) in [6, 6.07) is 5.57. The highest BCUT2D eigenvalue weighted by Crippen LogP contribution is 2.44. The van der Waals surface area contributed by atoms with Crippen LogP contribution >= 0.6 is 15.9 Å². The smallest absolute Gasteiger partial charge is 0.179 e. The fraction of sp³-hybridized carbons (Fsp3) is 0.571. The van der Waals surface area contributed by atoms with Gasteiger partial charge in [0.15, 0.2) is 9.84 Å². The van der Waals surface area contributed by atoms with E-state index in [0.29, 0.717) is 4.90 Å². The Kier molecular flexibility index (Phi) is 3.88. The van der Waals surface area contributed by atoms with Gasteiger partial charge in [0, 0.05) is 5.33 Å². The van der Waals surface area contributed by atoms with E-state index in [2.05, 4.69) is 15.9 Å². The summed E-state index contributed by atoms with van der Waals surface area (Å²) in [6.07, 6.45) is 3.18. The van der Waals surface area contributed by atoms with Crippen molar-refractivity contribution in [1.82, 2.24) is 0 Å². The lowest BCUT2D eigenvalue weighted by molar-refractivity contribution is 0.203. The van der Waals surface area contributed by atoms with Crippen LogP contribution in [0.4, 0.5) is 0 Å². The van der Waals surface area contributed by atoms with Gasteiger partial charge in [-0.15, -0.1) is 0 Å². The van der Waals surface area contributed by atoms with Crippen molar-refractivity contribution in [2.45, 2.75) is 38.0 Å². The number of halogens is 1. The Hall–Kier alpha value is -0.350. The third-order valence-electron chi connectivity index (χ3n) is 3.86. The maximum Gasteiger partial charge on any atom is 0.179 e. The van der Waals surface area contributed by atoms with Crippen LogP contribution in [0.25, 0.3) is 0 Å². The van der Waals surface area contributed by atoms with Crippen LogP contribution in [0.2, 0.25) is 0 Å². The molecule has 0 saturated heterocycles. The van der Waals surface area contributed by atoms with Crippen molar-refractivity contribution in [3.63, 3.8) is 0 Å². The quantitative estimate of drug-likeness (QED) is 0.790. The molecule has 2 nitrogen and oxygen atoms in total. The first-order chi connectivity index (χ1) is 8.38. The second kappa shape index (κ2) is 4.97. The summed E-state index contributed by atoms with van der Waals surface area (Å²) in [6.45, 7) is 3.86. The fourth-order valence-corrected chi connectivity index (χ4v) is 5.82. The van der Waals surface area contributed by atoms with E-state index in [4.69, 9.17) is 0 Å². The predicted octanol–water partition coefficient (Wildman–Crippen LogP) is 3.64. The Balaban J connectivity index is 2.31. The summed E-state index contributed by atoms with van der Waals surface area (Å²) in [5.41, 5.74) is 1.93. The highest BCUT2D eigenvalue weighted by molar-refractivity contribution is 9.09. The van der Waals surface area contributed by atoms with Gasteiger partial charge in [-0.05, 0) is 43.7 Å². The van der Waals surface area contributed by atoms with E-state index in [1.807, 2.05) is 26.0 Å². The summed E-state index contributed by atoms with van der Waals surface area (Å²) in [5, 5.41) is 0.782. The summed E-state index contributed by atoms with van der Waals surface area (Å²) in [4.78, 5) is 0.500. The number of hydrogen-bond donors (Lipinski definition) is 0. The number of hydrogen-bond acceptors (Lipinski definition) is 2. The minimum absolute atomic E-state index is 0.0316. The number of aryl methyl sites for hydroxylation is 2. The minimum atomic E-state index is -3.17. The van der Waals surface area contributed by atoms with Crippen molar-refractivity contribution in [3.8, 4) is 0 Å². The molecular weight excluding hydrogens is 312 g/mol. The number of benzene rings is 1. The first kappa shape index (κ1) is 14.1. The van der Waals surface area contributed by atoms with Gasteiger partial charge in [0.25, 0.3) is 0 Å². The molecule has 0 aromatic heterocycles. The predicted molar refractivity (Wildman–Crippen MR) is 78.0 cm³/mol. The van der Waals surface area contributed by atoms with Gasteiger partial charge in [0.1, 0.15) is 0 Å². The van der Waals surface area contributed by atoms with E-state index in [0.717, 1.165) is 35.7 Å². The molecule has 100 valence electrons. The standard InChI is InChI=1S/C14H19BrO2S/c1-11-4-5-13(12(2)8-11)18(16,17)10-14(9-15)6-3-7-14/h4-5,8H,3,6-7,9-10H2,1-2H3. The van der Waals surface area contributed by atoms with Gasteiger partial charge in [-0.2, -0.15) is 0 Å². The molecule has 1 fully saturated rings. The van der Waals surface area contributed by atoms with Crippen LogP contribution in [0.1, 0.15) is 30.4 Å². The van der Waals surface area contributed by atoms with Gasteiger partial charge in [-0.1, -0.05) is 40.0 Å². The first-order valence-corrected chi connectivity index (χ1v) is 9.02. The van der Waals surface area contributed by atoms with Crippen molar-refractivity contribution < 1.29 is 8.42 Å². The fourth-order valence-electron chi connectivity index (χ4n) is 2.62. The van der Waals surface area contributed by atoms with Gasteiger partial charge >= 0.3 is 0 Å². The Bertz CT molecular complexity index is 539. The molecule has 0 heterocycles. The van der Waals surface area contributed by atoms with Gasteiger partial charge in [-0.25, -0.2) is 8.42 Å². The van der Waals surface area contributed by atoms with Crippen LogP contribution in [-0.2, 0) is 9.84 Å². The van der Waals surface area contributed by atoms with Gasteiger partial charge < -0.3 is 0 Å². The second-order valence-electron chi connectivity index (χ2n) is 5.52. The molecule has 2 rings (SSSR count). The van der Waals surface area contributed by atoms with E-state index in [1.165, 1.54) is 0 Å². The molecule has 1 aromatic rings. The average molecular weight is 331 g/mol. The lowest BCUT2D eigenvalue weighted by Crippen LogP contribution is -2.38. The topological polar surface area (TPSA) is 34.1 Å². The highest BCUT2D eigenvalue weighted by atomic mass is 79.9. The number of sulfone groups is 1. The first-order valence-electron chi connectivity index (χ1n) is 6.25. The van der Waals surface area contributed by atoms with Crippen molar-refractivity contribution in [2.75, 3.05) is 11.1 Å². The molecule has 1 saturated carbocycles. The Morgan fingerprint density at radius 3 is 2.39 bits per heavy atom. The molecule has 1 aromatic carbocycles. The lowest BCUT2D eigenvalue weighted by Gasteiger charge is -2.40. The van der Waals surface area contributed by atoms with E-state index >= 15 is 0 Å². The largest absolute Gasteiger partial charge is 0.224 e. The maximum atomic E-state index is 12.5. The molecule has 0 radical (unpaired) electrons. The van der Waals surface area contributed by atoms with E-state index in [9.17, 15) is 8.42 Å². The molecular formula is C14H19BrO2S. The van der Waals surface area contributed by atoms with Crippen LogP contribution in [0.5, 0.6) is 0 Å². The zero-order valence-corrected chi connectivity index (χ0v) is 13.3. The third kappa shape index (κ3) is 2.64. The van der Waals surface area contributed by atoms with Gasteiger partial charge in [0.05, 0.1) is 10.6 Å². The minimum Gasteiger partial charge on any atom is -0.224 e. The molecule has 1 aliphatic rings. The number of alkyl halides is 1. The Labute approximate surface area is 118 Å². The van der Waals surface area contributed by atoms with Gasteiger partial charge in [-0.3, -0.25) is 0 Å². The van der Waals surface area contributed by atoms with Crippen molar-refractivity contribution in [2.24, 2.45) is 5.41 Å². The van der Waals surface area contributed by atoms with Gasteiger partial charge in [0.2, 0.25) is 0 Å². The molecule has 4 heteroatoms. The molecule has 0 amide bonds. The Morgan fingerprint density at radius 1 is 1.28 bits per heavy atom. The summed E-state index contributed by atoms with van der Waals surface area (Å²) >= 11 is 3.47. The SMILES string of the molecule is Cc1ccc(S(=O)(=O)CC2(CBr)CCC2)c(C)c1. The van der Waals surface area contributed by atoms with Crippen molar-refractivity contribution in [3.05, 3.63) is 29.3 Å². The number of rotatable bonds is 4. The molecule has 18 heavy (non-hydrogen) atoms. The van der Waals surface area contributed by atoms with Crippen molar-refractivity contribution >= 4 is 25.8 Å². The molecule has 1 aliphatic carbocycles. The van der Waals surface area contributed by atoms with E-state index in [1.54, 1.807) is 6.07 Å². The van der Waals surface area contributed by atoms with Crippen molar-refractivity contribution in [1.29, 1.82) is 0 Å². The van der Waals surface area contributed by atoms with Crippen LogP contribution in [0.15, 0.2) is 23.1 Å². The highest BCUT2D eigenvalue weighted by Gasteiger charge is 2.40. The molecule has 0 unspecified atom stereocenters. The zero-order valence-electron chi connectivity index (χ0n) is 10.9. The molecule has 0 aliphatic heterocycles. The monoisotopic (exact) mass is 330 g/mol.